The van der Waals surface area contributed by atoms with Crippen molar-refractivity contribution in [3.05, 3.63) is 164 Å². The lowest BCUT2D eigenvalue weighted by Crippen LogP contribution is -1.99. The van der Waals surface area contributed by atoms with Crippen LogP contribution in [-0.4, -0.2) is 15.0 Å². The Hall–Kier alpha value is -6.01. The van der Waals surface area contributed by atoms with Crippen molar-refractivity contribution in [3.8, 4) is 56.4 Å². The Morgan fingerprint density at radius 2 is 0.740 bits per heavy atom. The Balaban J connectivity index is 1.14. The molecular weight excluding hydrogens is 647 g/mol. The lowest BCUT2D eigenvalue weighted by Gasteiger charge is -2.13. The topological polar surface area (TPSA) is 38.7 Å². The Bertz CT molecular complexity index is 2810. The van der Waals surface area contributed by atoms with E-state index in [1.165, 1.54) is 62.6 Å². The van der Waals surface area contributed by atoms with E-state index in [2.05, 4.69) is 103 Å². The predicted octanol–water partition coefficient (Wildman–Crippen LogP) is 12.9. The molecule has 0 bridgehead atoms. The van der Waals surface area contributed by atoms with Crippen LogP contribution in [0.2, 0.25) is 0 Å². The van der Waals surface area contributed by atoms with Gasteiger partial charge in [-0.15, -0.1) is 22.7 Å². The molecule has 0 fully saturated rings. The highest BCUT2D eigenvalue weighted by molar-refractivity contribution is 7.26. The Kier molecular flexibility index (Phi) is 6.86. The van der Waals surface area contributed by atoms with E-state index in [0.29, 0.717) is 17.5 Å². The van der Waals surface area contributed by atoms with Crippen LogP contribution in [0.4, 0.5) is 0 Å². The third-order valence-corrected chi connectivity index (χ3v) is 11.6. The summed E-state index contributed by atoms with van der Waals surface area (Å²) < 4.78 is 5.10. The van der Waals surface area contributed by atoms with Crippen molar-refractivity contribution in [1.29, 1.82) is 0 Å². The molecule has 0 unspecified atom stereocenters. The summed E-state index contributed by atoms with van der Waals surface area (Å²) in [6.45, 7) is 0. The van der Waals surface area contributed by atoms with Gasteiger partial charge in [0.1, 0.15) is 0 Å². The number of fused-ring (bicyclic) bond motifs is 6. The molecule has 0 aliphatic heterocycles. The van der Waals surface area contributed by atoms with Crippen molar-refractivity contribution in [2.45, 2.75) is 0 Å². The second-order valence-corrected chi connectivity index (χ2v) is 14.5. The summed E-state index contributed by atoms with van der Waals surface area (Å²) >= 11 is 3.68. The van der Waals surface area contributed by atoms with E-state index in [1.54, 1.807) is 0 Å². The first kappa shape index (κ1) is 29.0. The summed E-state index contributed by atoms with van der Waals surface area (Å²) in [5.74, 6) is 2.00. The Labute approximate surface area is 296 Å². The maximum Gasteiger partial charge on any atom is 0.164 e. The van der Waals surface area contributed by atoms with Crippen molar-refractivity contribution in [2.75, 3.05) is 0 Å². The SMILES string of the molecule is c1ccc(-c2nc(-c3ccccc3)nc(-c3ccc4c(c3)sc3cccc(-c5ccccc5-c5cccc6sc7ccccc7c56)c34)n2)cc1. The minimum atomic E-state index is 0.665. The van der Waals surface area contributed by atoms with Gasteiger partial charge in [0.05, 0.1) is 0 Å². The van der Waals surface area contributed by atoms with Crippen molar-refractivity contribution < 1.29 is 0 Å². The summed E-state index contributed by atoms with van der Waals surface area (Å²) in [6, 6.07) is 58.0. The fourth-order valence-corrected chi connectivity index (χ4v) is 9.38. The molecule has 3 nitrogen and oxygen atoms in total. The van der Waals surface area contributed by atoms with Crippen molar-refractivity contribution >= 4 is 63.0 Å². The number of benzene rings is 7. The van der Waals surface area contributed by atoms with Crippen LogP contribution >= 0.6 is 22.7 Å². The van der Waals surface area contributed by atoms with Crippen LogP contribution in [0.3, 0.4) is 0 Å². The van der Waals surface area contributed by atoms with Crippen LogP contribution in [-0.2, 0) is 0 Å². The van der Waals surface area contributed by atoms with E-state index < -0.39 is 0 Å². The first-order valence-electron chi connectivity index (χ1n) is 16.6. The van der Waals surface area contributed by atoms with E-state index >= 15 is 0 Å². The molecule has 0 N–H and O–H groups in total. The standard InChI is InChI=1S/C45H27N3S2/c1-3-13-28(14-4-1)43-46-44(29-15-5-2-6-16-29)48-45(47-43)30-25-26-36-40(27-30)50-39-24-12-21-34(42(36)39)32-18-8-7-17-31(32)33-20-11-23-38-41(33)35-19-9-10-22-37(35)49-38/h1-27H. The zero-order chi connectivity index (χ0) is 33.0. The number of hydrogen-bond donors (Lipinski definition) is 0. The molecule has 0 aliphatic carbocycles. The molecule has 0 radical (unpaired) electrons. The molecule has 10 aromatic rings. The molecule has 3 aromatic heterocycles. The molecule has 10 rings (SSSR count). The average molecular weight is 674 g/mol. The van der Waals surface area contributed by atoms with Gasteiger partial charge in [-0.1, -0.05) is 140 Å². The lowest BCUT2D eigenvalue weighted by atomic mass is 9.90. The maximum atomic E-state index is 5.00. The van der Waals surface area contributed by atoms with Crippen LogP contribution in [0, 0.1) is 0 Å². The third-order valence-electron chi connectivity index (χ3n) is 9.36. The van der Waals surface area contributed by atoms with Crippen LogP contribution < -0.4 is 0 Å². The maximum absolute atomic E-state index is 5.00. The second-order valence-electron chi connectivity index (χ2n) is 12.4. The molecule has 234 valence electrons. The quantitative estimate of drug-likeness (QED) is 0.182. The molecule has 0 aliphatic rings. The summed E-state index contributed by atoms with van der Waals surface area (Å²) in [5.41, 5.74) is 7.90. The van der Waals surface area contributed by atoms with Gasteiger partial charge in [0.2, 0.25) is 0 Å². The van der Waals surface area contributed by atoms with Gasteiger partial charge in [0.15, 0.2) is 17.5 Å². The highest BCUT2D eigenvalue weighted by Crippen LogP contribution is 2.46. The van der Waals surface area contributed by atoms with Gasteiger partial charge in [-0.25, -0.2) is 15.0 Å². The molecule has 5 heteroatoms. The molecule has 0 amide bonds. The Morgan fingerprint density at radius 3 is 1.34 bits per heavy atom. The minimum Gasteiger partial charge on any atom is -0.208 e. The smallest absolute Gasteiger partial charge is 0.164 e. The fourth-order valence-electron chi connectivity index (χ4n) is 7.08. The first-order valence-corrected chi connectivity index (χ1v) is 18.2. The van der Waals surface area contributed by atoms with Crippen LogP contribution in [0.25, 0.3) is 96.8 Å². The second kappa shape index (κ2) is 11.8. The molecule has 0 saturated heterocycles. The summed E-state index contributed by atoms with van der Waals surface area (Å²) in [5, 5.41) is 5.15. The molecule has 3 heterocycles. The molecule has 7 aromatic carbocycles. The van der Waals surface area contributed by atoms with Crippen LogP contribution in [0.15, 0.2) is 164 Å². The van der Waals surface area contributed by atoms with Crippen molar-refractivity contribution in [1.82, 2.24) is 15.0 Å². The van der Waals surface area contributed by atoms with E-state index in [-0.39, 0.29) is 0 Å². The van der Waals surface area contributed by atoms with Gasteiger partial charge in [-0.2, -0.15) is 0 Å². The monoisotopic (exact) mass is 673 g/mol. The summed E-state index contributed by atoms with van der Waals surface area (Å²) in [6.07, 6.45) is 0. The van der Waals surface area contributed by atoms with Gasteiger partial charge in [0, 0.05) is 57.0 Å². The largest absolute Gasteiger partial charge is 0.208 e. The molecular formula is C45H27N3S2. The number of nitrogens with zero attached hydrogens (tertiary/aromatic N) is 3. The molecule has 0 atom stereocenters. The van der Waals surface area contributed by atoms with Gasteiger partial charge >= 0.3 is 0 Å². The Morgan fingerprint density at radius 1 is 0.300 bits per heavy atom. The molecule has 0 spiro atoms. The summed E-state index contributed by atoms with van der Waals surface area (Å²) in [4.78, 5) is 14.9. The number of aromatic nitrogens is 3. The van der Waals surface area contributed by atoms with Crippen molar-refractivity contribution in [3.63, 3.8) is 0 Å². The fraction of sp³-hybridized carbons (Fsp3) is 0. The predicted molar refractivity (Wildman–Crippen MR) is 213 cm³/mol. The van der Waals surface area contributed by atoms with Crippen LogP contribution in [0.5, 0.6) is 0 Å². The third kappa shape index (κ3) is 4.82. The normalized spacial score (nSPS) is 11.6. The molecule has 50 heavy (non-hydrogen) atoms. The van der Waals surface area contributed by atoms with E-state index in [4.69, 9.17) is 15.0 Å². The number of rotatable bonds is 5. The highest BCUT2D eigenvalue weighted by Gasteiger charge is 2.19. The lowest BCUT2D eigenvalue weighted by molar-refractivity contribution is 1.07. The zero-order valence-electron chi connectivity index (χ0n) is 26.7. The molecule has 0 saturated carbocycles. The summed E-state index contributed by atoms with van der Waals surface area (Å²) in [7, 11) is 0. The van der Waals surface area contributed by atoms with Crippen LogP contribution in [0.1, 0.15) is 0 Å². The highest BCUT2D eigenvalue weighted by atomic mass is 32.1. The number of hydrogen-bond acceptors (Lipinski definition) is 5. The average Bonchev–Trinajstić information content (AvgIpc) is 3.77. The van der Waals surface area contributed by atoms with Gasteiger partial charge < -0.3 is 0 Å². The van der Waals surface area contributed by atoms with Gasteiger partial charge in [-0.3, -0.25) is 0 Å². The van der Waals surface area contributed by atoms with E-state index in [1.807, 2.05) is 83.3 Å². The number of thiophene rings is 2. The van der Waals surface area contributed by atoms with Crippen molar-refractivity contribution in [2.24, 2.45) is 0 Å². The zero-order valence-corrected chi connectivity index (χ0v) is 28.4. The first-order chi connectivity index (χ1) is 24.8. The van der Waals surface area contributed by atoms with Gasteiger partial charge in [0.25, 0.3) is 0 Å². The van der Waals surface area contributed by atoms with Gasteiger partial charge in [-0.05, 0) is 46.5 Å². The van der Waals surface area contributed by atoms with E-state index in [0.717, 1.165) is 16.7 Å². The van der Waals surface area contributed by atoms with E-state index in [9.17, 15) is 0 Å². The minimum absolute atomic E-state index is 0.665.